The van der Waals surface area contributed by atoms with Gasteiger partial charge in [0, 0.05) is 24.7 Å². The summed E-state index contributed by atoms with van der Waals surface area (Å²) in [7, 11) is 0. The highest BCUT2D eigenvalue weighted by molar-refractivity contribution is 5.78. The average Bonchev–Trinajstić information content (AvgIpc) is 0.764. The summed E-state index contributed by atoms with van der Waals surface area (Å²) in [5.41, 5.74) is 57.4. The van der Waals surface area contributed by atoms with Crippen LogP contribution in [0.2, 0.25) is 0 Å². The lowest BCUT2D eigenvalue weighted by molar-refractivity contribution is 0.818. The van der Waals surface area contributed by atoms with Gasteiger partial charge in [-0.15, -0.1) is 0 Å². The highest BCUT2D eigenvalue weighted by Crippen LogP contribution is 2.41. The van der Waals surface area contributed by atoms with Crippen molar-refractivity contribution < 1.29 is 24.7 Å². The number of hydrogen-bond acceptors (Lipinski definition) is 0. The van der Waals surface area contributed by atoms with Crippen LogP contribution in [0.4, 0.5) is 0 Å². The molecule has 0 aliphatic carbocycles. The number of hydrogen-bond donors (Lipinski definition) is 0. The molecule has 0 spiro atoms. The molecule has 0 saturated heterocycles. The summed E-state index contributed by atoms with van der Waals surface area (Å²) in [6.07, 6.45) is 0. The van der Waals surface area contributed by atoms with E-state index in [0.717, 1.165) is 128 Å². The lowest BCUT2D eigenvalue weighted by Gasteiger charge is -2.21. The van der Waals surface area contributed by atoms with Crippen LogP contribution in [0.1, 0.15) is 343 Å². The molecule has 0 heterocycles. The fraction of sp³-hybridized carbons (Fsp3) is 0.333. The van der Waals surface area contributed by atoms with Gasteiger partial charge in [-0.1, -0.05) is 389 Å². The van der Waals surface area contributed by atoms with Crippen LogP contribution in [0.15, 0.2) is 267 Å². The average molecular weight is 1930 g/mol. The molecule has 0 aliphatic heterocycles. The van der Waals surface area contributed by atoms with Gasteiger partial charge in [0.1, 0.15) is 0 Å². The summed E-state index contributed by atoms with van der Waals surface area (Å²) >= 11 is 0. The summed E-state index contributed by atoms with van der Waals surface area (Å²) < 4.78 is 141. The molecule has 144 heavy (non-hydrogen) atoms. The minimum absolute atomic E-state index is 0.311. The summed E-state index contributed by atoms with van der Waals surface area (Å²) in [6.45, 7) is 68.6. The van der Waals surface area contributed by atoms with Gasteiger partial charge in [-0.25, -0.2) is 0 Å². The quantitative estimate of drug-likeness (QED) is 0.102. The molecule has 0 saturated carbocycles. The lowest BCUT2D eigenvalue weighted by Crippen LogP contribution is -2.02. The smallest absolute Gasteiger partial charge is 0.0347 e. The van der Waals surface area contributed by atoms with Crippen molar-refractivity contribution in [1.82, 2.24) is 0 Å². The highest BCUT2D eigenvalue weighted by atomic mass is 14.3. The third-order valence-corrected chi connectivity index (χ3v) is 28.4. The van der Waals surface area contributed by atoms with E-state index in [1.807, 2.05) is 187 Å². The van der Waals surface area contributed by atoms with Crippen LogP contribution in [0.5, 0.6) is 0 Å². The number of aryl methyl sites for hydroxylation is 25. The Hall–Kier alpha value is -12.5. The molecule has 0 amide bonds. The molecular formula is C144H176. The van der Waals surface area contributed by atoms with Crippen molar-refractivity contribution in [3.05, 3.63) is 467 Å². The molecule has 0 heteroatoms. The lowest BCUT2D eigenvalue weighted by atomic mass is 9.84. The molecule has 0 atom stereocenters. The molecule has 752 valence electrons. The van der Waals surface area contributed by atoms with Crippen molar-refractivity contribution in [2.75, 3.05) is 0 Å². The third kappa shape index (κ3) is 30.6. The van der Waals surface area contributed by atoms with Crippen molar-refractivity contribution in [3.8, 4) is 89.0 Å². The first-order valence-corrected chi connectivity index (χ1v) is 51.0. The van der Waals surface area contributed by atoms with E-state index in [4.69, 9.17) is 24.7 Å². The molecule has 0 unspecified atom stereocenters. The Labute approximate surface area is 901 Å². The topological polar surface area (TPSA) is 0 Å². The first-order chi connectivity index (χ1) is 74.4. The fourth-order valence-electron chi connectivity index (χ4n) is 19.4. The summed E-state index contributed by atoms with van der Waals surface area (Å²) in [4.78, 5) is 0. The largest absolute Gasteiger partial charge is 0.0622 e. The molecule has 0 bridgehead atoms. The molecule has 0 fully saturated rings. The zero-order chi connectivity index (χ0) is 122. The van der Waals surface area contributed by atoms with Gasteiger partial charge in [0.05, 0.1) is 0 Å². The molecule has 0 radical (unpaired) electrons. The summed E-state index contributed by atoms with van der Waals surface area (Å²) in [5, 5.41) is 0. The normalized spacial score (nSPS) is 13.6. The Morgan fingerprint density at radius 1 is 0.146 bits per heavy atom. The van der Waals surface area contributed by atoms with Gasteiger partial charge in [0.2, 0.25) is 0 Å². The molecule has 0 nitrogen and oxygen atoms in total. The van der Waals surface area contributed by atoms with Gasteiger partial charge < -0.3 is 0 Å². The highest BCUT2D eigenvalue weighted by Gasteiger charge is 2.21. The Balaban J connectivity index is 0.000000205. The maximum absolute atomic E-state index is 8.56. The van der Waals surface area contributed by atoms with Crippen LogP contribution in [0.3, 0.4) is 0 Å². The van der Waals surface area contributed by atoms with Gasteiger partial charge in [-0.2, -0.15) is 0 Å². The molecule has 0 N–H and O–H groups in total. The van der Waals surface area contributed by atoms with E-state index in [9.17, 15) is 0 Å². The van der Waals surface area contributed by atoms with Crippen molar-refractivity contribution in [2.24, 2.45) is 0 Å². The maximum Gasteiger partial charge on any atom is 0.0347 e. The predicted molar refractivity (Wildman–Crippen MR) is 642 cm³/mol. The van der Waals surface area contributed by atoms with Crippen molar-refractivity contribution >= 4 is 0 Å². The monoisotopic (exact) mass is 1920 g/mol. The Bertz CT molecular complexity index is 7670. The third-order valence-electron chi connectivity index (χ3n) is 28.4. The minimum Gasteiger partial charge on any atom is -0.0622 e. The second kappa shape index (κ2) is 51.8. The van der Waals surface area contributed by atoms with Gasteiger partial charge in [-0.3, -0.25) is 0 Å². The molecule has 16 aromatic rings. The van der Waals surface area contributed by atoms with E-state index in [-0.39, 0.29) is 0 Å². The minimum atomic E-state index is -2.13. The van der Waals surface area contributed by atoms with Crippen LogP contribution in [-0.4, -0.2) is 0 Å². The van der Waals surface area contributed by atoms with E-state index >= 15 is 0 Å². The first-order valence-electron chi connectivity index (χ1n) is 60.0. The van der Waals surface area contributed by atoms with Crippen LogP contribution >= 0.6 is 0 Å². The van der Waals surface area contributed by atoms with Gasteiger partial charge in [0.25, 0.3) is 0 Å². The zero-order valence-electron chi connectivity index (χ0n) is 112. The summed E-state index contributed by atoms with van der Waals surface area (Å²) in [6, 6.07) is 90.3. The van der Waals surface area contributed by atoms with E-state index in [2.05, 4.69) is 282 Å². The van der Waals surface area contributed by atoms with Gasteiger partial charge in [-0.05, 0) is 493 Å². The Morgan fingerprint density at radius 2 is 0.361 bits per heavy atom. The summed E-state index contributed by atoms with van der Waals surface area (Å²) in [5.74, 6) is -4.48. The zero-order valence-corrected chi connectivity index (χ0v) is 94.4. The first kappa shape index (κ1) is 90.3. The van der Waals surface area contributed by atoms with E-state index in [0.29, 0.717) is 22.3 Å². The van der Waals surface area contributed by atoms with Crippen LogP contribution in [0, 0.1) is 207 Å². The number of rotatable bonds is 14. The van der Waals surface area contributed by atoms with E-state index in [1.54, 1.807) is 60.7 Å². The predicted octanol–water partition coefficient (Wildman–Crippen LogP) is 42.8. The van der Waals surface area contributed by atoms with E-state index < -0.39 is 62.8 Å². The van der Waals surface area contributed by atoms with Crippen molar-refractivity contribution in [1.29, 1.82) is 0 Å². The van der Waals surface area contributed by atoms with Crippen LogP contribution in [-0.2, 0) is 0 Å². The maximum atomic E-state index is 8.56. The second-order valence-corrected chi connectivity index (χ2v) is 41.9. The van der Waals surface area contributed by atoms with E-state index in [1.165, 1.54) is 139 Å². The fourth-order valence-corrected chi connectivity index (χ4v) is 19.4. The Morgan fingerprint density at radius 3 is 0.625 bits per heavy atom. The van der Waals surface area contributed by atoms with Gasteiger partial charge in [0.15, 0.2) is 0 Å². The molecule has 16 rings (SSSR count). The standard InChI is InChI=1S/C22H30.C20H26.C19H24.C18H22.C17H20.3C16H18/c1-13(2)20-11-19(12-21(14(3)4)18(20)8)22-16(6)9-15(5)10-17(22)7;1-13(2)19-11-18(12-20(14(3)4)16(19)6)17-9-7-15(5)8-10-17;1-13(2)18-11-17(16-9-7-6-8-10-16)12-19(14(3)4)15(18)5;1-11-7-14(4)18(15(5)8-11)17-9-12(2)16(6)13(3)10-17;1-11-6-7-17(14(4)8-11)16-9-12(2)15(5)13(3)10-16;3*1-11-5-8-16(14(4)9-11)15-7-6-12(2)13(3)10-15/h9-14H,1-8H3;7-14H,1-6H3;6-14H,1-5H3;7-10H,1-6H3;6-10H,1-5H3;3*5-10H,1-4H3/i2*5D3,13D,14D;13D,14D;1D3;;1D3;;. The molecule has 0 aliphatic rings. The van der Waals surface area contributed by atoms with Crippen LogP contribution in [0.25, 0.3) is 89.0 Å². The Kier molecular flexibility index (Phi) is 32.5. The molecular weight excluding hydrogens is 1730 g/mol. The number of benzene rings is 16. The molecule has 16 aromatic carbocycles. The second-order valence-electron chi connectivity index (χ2n) is 41.9. The molecule has 0 aromatic heterocycles. The van der Waals surface area contributed by atoms with Crippen molar-refractivity contribution in [3.63, 3.8) is 0 Å². The SMILES string of the molecule is Cc1ccc(-c2cc(C)c(C)c(C)c2)c(C)c1.Cc1ccc(-c2ccc(C)c(C)c2)c(C)c1.Cc1ccc(-c2ccc(C)c(C)c2)c(C)c1.[2H]C(C)(C)c1cc(-c2ccccc2)cc(C([2H])(C)C)c1C.[2H]C([2H])([2H])c1cc(C)c(-c2cc(C([2H])(C)C)c(C)c(C([2H])(C)C)c2)c(C)c1.[2H]C([2H])([2H])c1cc(C)c(-c2cc(C)c(C)c(C)c2)c(C)c1.[2H]C([2H])([2H])c1ccc(-c2cc(C([2H])(C)C)c(C)c(C([2H])(C)C)c2)cc1.[2H]C([2H])([2H])c1ccc(-c2ccc(C)c(C)c2)c(C)c1. The van der Waals surface area contributed by atoms with Crippen LogP contribution < -0.4 is 0 Å². The van der Waals surface area contributed by atoms with Crippen molar-refractivity contribution in [2.45, 2.75) is 326 Å². The van der Waals surface area contributed by atoms with Gasteiger partial charge >= 0.3 is 0 Å².